The molecule has 1 rings (SSSR count). The van der Waals surface area contributed by atoms with Gasteiger partial charge in [0.1, 0.15) is 0 Å². The van der Waals surface area contributed by atoms with Crippen LogP contribution in [-0.2, 0) is 9.59 Å². The predicted molar refractivity (Wildman–Crippen MR) is 73.7 cm³/mol. The summed E-state index contributed by atoms with van der Waals surface area (Å²) in [6, 6.07) is 0.0217. The second-order valence-electron chi connectivity index (χ2n) is 5.92. The van der Waals surface area contributed by atoms with E-state index >= 15 is 0 Å². The van der Waals surface area contributed by atoms with Crippen LogP contribution >= 0.6 is 0 Å². The Labute approximate surface area is 114 Å². The number of nitrogens with two attached hydrogens (primary N) is 1. The number of carboxylic acid groups (broad SMARTS) is 1. The van der Waals surface area contributed by atoms with Crippen molar-refractivity contribution in [1.29, 1.82) is 0 Å². The molecule has 1 aliphatic rings. The fourth-order valence-corrected chi connectivity index (χ4v) is 2.77. The number of carbonyl (C=O) groups is 2. The maximum atomic E-state index is 11.7. The monoisotopic (exact) mass is 270 g/mol. The molecule has 1 atom stereocenters. The van der Waals surface area contributed by atoms with Crippen LogP contribution in [0.2, 0.25) is 0 Å². The summed E-state index contributed by atoms with van der Waals surface area (Å²) in [6.07, 6.45) is 6.31. The highest BCUT2D eigenvalue weighted by atomic mass is 16.4. The summed E-state index contributed by atoms with van der Waals surface area (Å²) in [5.74, 6) is -0.792. The number of carboxylic acids is 1. The van der Waals surface area contributed by atoms with Gasteiger partial charge in [0, 0.05) is 19.0 Å². The van der Waals surface area contributed by atoms with Crippen LogP contribution in [0, 0.1) is 5.41 Å². The minimum Gasteiger partial charge on any atom is -0.481 e. The van der Waals surface area contributed by atoms with Gasteiger partial charge in [0.25, 0.3) is 0 Å². The summed E-state index contributed by atoms with van der Waals surface area (Å²) < 4.78 is 0. The molecule has 0 aromatic heterocycles. The quantitative estimate of drug-likeness (QED) is 0.656. The molecule has 0 heterocycles. The lowest BCUT2D eigenvalue weighted by Gasteiger charge is -2.36. The molecule has 0 radical (unpaired) electrons. The number of amides is 1. The van der Waals surface area contributed by atoms with Gasteiger partial charge in [-0.15, -0.1) is 0 Å². The molecule has 5 nitrogen and oxygen atoms in total. The van der Waals surface area contributed by atoms with Gasteiger partial charge in [-0.25, -0.2) is 0 Å². The topological polar surface area (TPSA) is 92.4 Å². The molecule has 0 saturated heterocycles. The second-order valence-corrected chi connectivity index (χ2v) is 5.92. The number of rotatable bonds is 7. The van der Waals surface area contributed by atoms with E-state index in [1.165, 1.54) is 6.42 Å². The third-order valence-electron chi connectivity index (χ3n) is 3.93. The van der Waals surface area contributed by atoms with E-state index in [0.717, 1.165) is 25.7 Å². The largest absolute Gasteiger partial charge is 0.481 e. The maximum absolute atomic E-state index is 11.7. The Kier molecular flexibility index (Phi) is 6.28. The second kappa shape index (κ2) is 7.48. The highest BCUT2D eigenvalue weighted by molar-refractivity contribution is 5.76. The average molecular weight is 270 g/mol. The van der Waals surface area contributed by atoms with Gasteiger partial charge in [-0.1, -0.05) is 19.3 Å². The zero-order chi connectivity index (χ0) is 14.3. The normalized spacial score (nSPS) is 19.7. The SMILES string of the molecule is CC(N)CCC(=O)NCC1(CC(=O)O)CCCCC1. The first-order valence-electron chi connectivity index (χ1n) is 7.18. The number of nitrogens with one attached hydrogen (secondary N) is 1. The molecule has 0 aliphatic heterocycles. The van der Waals surface area contributed by atoms with E-state index in [-0.39, 0.29) is 23.8 Å². The van der Waals surface area contributed by atoms with Crippen molar-refractivity contribution in [1.82, 2.24) is 5.32 Å². The molecule has 1 fully saturated rings. The fourth-order valence-electron chi connectivity index (χ4n) is 2.77. The maximum Gasteiger partial charge on any atom is 0.303 e. The zero-order valence-corrected chi connectivity index (χ0v) is 11.8. The Balaban J connectivity index is 2.44. The zero-order valence-electron chi connectivity index (χ0n) is 11.8. The standard InChI is InChI=1S/C14H26N2O3/c1-11(15)5-6-12(17)16-10-14(9-13(18)19)7-3-2-4-8-14/h11H,2-10,15H2,1H3,(H,16,17)(H,18,19). The molecular formula is C14H26N2O3. The van der Waals surface area contributed by atoms with E-state index in [4.69, 9.17) is 10.8 Å². The van der Waals surface area contributed by atoms with Crippen LogP contribution < -0.4 is 11.1 Å². The summed E-state index contributed by atoms with van der Waals surface area (Å²) in [4.78, 5) is 22.7. The van der Waals surface area contributed by atoms with Crippen LogP contribution in [0.25, 0.3) is 0 Å². The van der Waals surface area contributed by atoms with Gasteiger partial charge in [0.2, 0.25) is 5.91 Å². The van der Waals surface area contributed by atoms with Gasteiger partial charge in [0.05, 0.1) is 6.42 Å². The summed E-state index contributed by atoms with van der Waals surface area (Å²) in [7, 11) is 0. The third kappa shape index (κ3) is 6.05. The molecule has 110 valence electrons. The van der Waals surface area contributed by atoms with Crippen LogP contribution in [0.5, 0.6) is 0 Å². The lowest BCUT2D eigenvalue weighted by atomic mass is 9.71. The summed E-state index contributed by atoms with van der Waals surface area (Å²) in [5.41, 5.74) is 5.37. The smallest absolute Gasteiger partial charge is 0.303 e. The van der Waals surface area contributed by atoms with Crippen LogP contribution in [0.15, 0.2) is 0 Å². The van der Waals surface area contributed by atoms with Gasteiger partial charge in [-0.05, 0) is 31.6 Å². The molecule has 4 N–H and O–H groups in total. The minimum atomic E-state index is -0.772. The van der Waals surface area contributed by atoms with Crippen molar-refractivity contribution in [3.05, 3.63) is 0 Å². The number of hydrogen-bond donors (Lipinski definition) is 3. The minimum absolute atomic E-state index is 0.0207. The molecular weight excluding hydrogens is 244 g/mol. The average Bonchev–Trinajstić information content (AvgIpc) is 2.34. The van der Waals surface area contributed by atoms with Crippen molar-refractivity contribution < 1.29 is 14.7 Å². The summed E-state index contributed by atoms with van der Waals surface area (Å²) >= 11 is 0. The van der Waals surface area contributed by atoms with Crippen molar-refractivity contribution in [3.8, 4) is 0 Å². The van der Waals surface area contributed by atoms with E-state index in [9.17, 15) is 9.59 Å². The molecule has 1 aliphatic carbocycles. The van der Waals surface area contributed by atoms with E-state index in [1.54, 1.807) is 0 Å². The highest BCUT2D eigenvalue weighted by Crippen LogP contribution is 2.38. The van der Waals surface area contributed by atoms with Gasteiger partial charge in [0.15, 0.2) is 0 Å². The van der Waals surface area contributed by atoms with Gasteiger partial charge in [-0.2, -0.15) is 0 Å². The van der Waals surface area contributed by atoms with Crippen LogP contribution in [-0.4, -0.2) is 29.6 Å². The predicted octanol–water partition coefficient (Wildman–Crippen LogP) is 1.66. The number of aliphatic carboxylic acids is 1. The van der Waals surface area contributed by atoms with Gasteiger partial charge in [-0.3, -0.25) is 9.59 Å². The van der Waals surface area contributed by atoms with E-state index in [2.05, 4.69) is 5.32 Å². The molecule has 0 aromatic rings. The Morgan fingerprint density at radius 3 is 2.47 bits per heavy atom. The van der Waals surface area contributed by atoms with Crippen LogP contribution in [0.3, 0.4) is 0 Å². The molecule has 5 heteroatoms. The van der Waals surface area contributed by atoms with Crippen molar-refractivity contribution in [2.75, 3.05) is 6.54 Å². The van der Waals surface area contributed by atoms with Crippen LogP contribution in [0.1, 0.15) is 58.3 Å². The first-order chi connectivity index (χ1) is 8.93. The fraction of sp³-hybridized carbons (Fsp3) is 0.857. The van der Waals surface area contributed by atoms with Crippen molar-refractivity contribution in [2.24, 2.45) is 11.1 Å². The van der Waals surface area contributed by atoms with E-state index in [1.807, 2.05) is 6.92 Å². The molecule has 0 bridgehead atoms. The molecule has 1 amide bonds. The Morgan fingerprint density at radius 2 is 1.95 bits per heavy atom. The van der Waals surface area contributed by atoms with Gasteiger partial charge >= 0.3 is 5.97 Å². The number of hydrogen-bond acceptors (Lipinski definition) is 3. The summed E-state index contributed by atoms with van der Waals surface area (Å²) in [6.45, 7) is 2.36. The Hall–Kier alpha value is -1.10. The molecule has 0 aromatic carbocycles. The molecule has 19 heavy (non-hydrogen) atoms. The van der Waals surface area contributed by atoms with Crippen molar-refractivity contribution in [3.63, 3.8) is 0 Å². The summed E-state index contributed by atoms with van der Waals surface area (Å²) in [5, 5.41) is 11.9. The van der Waals surface area contributed by atoms with E-state index in [0.29, 0.717) is 19.4 Å². The van der Waals surface area contributed by atoms with Crippen molar-refractivity contribution >= 4 is 11.9 Å². The third-order valence-corrected chi connectivity index (χ3v) is 3.93. The Bertz CT molecular complexity index is 310. The highest BCUT2D eigenvalue weighted by Gasteiger charge is 2.34. The van der Waals surface area contributed by atoms with Crippen molar-refractivity contribution in [2.45, 2.75) is 64.3 Å². The molecule has 0 spiro atoms. The first kappa shape index (κ1) is 16.0. The Morgan fingerprint density at radius 1 is 1.32 bits per heavy atom. The number of carbonyl (C=O) groups excluding carboxylic acids is 1. The van der Waals surface area contributed by atoms with E-state index < -0.39 is 5.97 Å². The lowest BCUT2D eigenvalue weighted by molar-refractivity contribution is -0.140. The van der Waals surface area contributed by atoms with Gasteiger partial charge < -0.3 is 16.2 Å². The molecule has 1 saturated carbocycles. The first-order valence-corrected chi connectivity index (χ1v) is 7.18. The molecule has 1 unspecified atom stereocenters. The van der Waals surface area contributed by atoms with Crippen LogP contribution in [0.4, 0.5) is 0 Å². The lowest BCUT2D eigenvalue weighted by Crippen LogP contribution is -2.40.